The molecule has 0 aromatic rings. The average Bonchev–Trinajstić information content (AvgIpc) is 2.45. The Morgan fingerprint density at radius 3 is 2.62 bits per heavy atom. The summed E-state index contributed by atoms with van der Waals surface area (Å²) >= 11 is 3.45. The van der Waals surface area contributed by atoms with Crippen molar-refractivity contribution in [2.75, 3.05) is 5.33 Å². The van der Waals surface area contributed by atoms with Crippen LogP contribution in [0.25, 0.3) is 0 Å². The Balaban J connectivity index is 2.03. The lowest BCUT2D eigenvalue weighted by atomic mass is 10.0. The number of rotatable bonds is 3. The zero-order chi connectivity index (χ0) is 5.98. The summed E-state index contributed by atoms with van der Waals surface area (Å²) in [4.78, 5) is 0. The fraction of sp³-hybridized carbons (Fsp3) is 1.00. The normalized spacial score (nSPS) is 23.2. The Hall–Kier alpha value is 0.480. The minimum atomic E-state index is 0.981. The monoisotopic (exact) mass is 176 g/mol. The summed E-state index contributed by atoms with van der Waals surface area (Å²) in [6, 6.07) is 0. The van der Waals surface area contributed by atoms with Gasteiger partial charge in [0.2, 0.25) is 0 Å². The molecule has 0 aromatic carbocycles. The van der Waals surface area contributed by atoms with Crippen LogP contribution in [-0.2, 0) is 0 Å². The van der Waals surface area contributed by atoms with Crippen LogP contribution < -0.4 is 0 Å². The van der Waals surface area contributed by atoms with Crippen LogP contribution in [0.15, 0.2) is 0 Å². The van der Waals surface area contributed by atoms with Crippen LogP contribution in [0.2, 0.25) is 0 Å². The molecule has 1 aliphatic rings. The Morgan fingerprint density at radius 1 is 1.62 bits per heavy atom. The average molecular weight is 177 g/mol. The largest absolute Gasteiger partial charge is 0.0928 e. The number of hydrogen-bond acceptors (Lipinski definition) is 0. The second kappa shape index (κ2) is 2.86. The molecule has 0 saturated heterocycles. The van der Waals surface area contributed by atoms with Gasteiger partial charge < -0.3 is 0 Å². The van der Waals surface area contributed by atoms with Crippen LogP contribution in [0.3, 0.4) is 0 Å². The van der Waals surface area contributed by atoms with Crippen molar-refractivity contribution in [3.05, 3.63) is 0 Å². The predicted octanol–water partition coefficient (Wildman–Crippen LogP) is 2.82. The van der Waals surface area contributed by atoms with Crippen molar-refractivity contribution in [1.29, 1.82) is 0 Å². The first kappa shape index (κ1) is 6.60. The summed E-state index contributed by atoms with van der Waals surface area (Å²) in [6.07, 6.45) is 4.35. The van der Waals surface area contributed by atoms with Gasteiger partial charge in [-0.3, -0.25) is 0 Å². The van der Waals surface area contributed by atoms with E-state index >= 15 is 0 Å². The van der Waals surface area contributed by atoms with Crippen LogP contribution in [0.5, 0.6) is 0 Å². The molecule has 48 valence electrons. The first-order chi connectivity index (χ1) is 3.84. The molecule has 1 unspecified atom stereocenters. The van der Waals surface area contributed by atoms with Gasteiger partial charge in [-0.05, 0) is 31.1 Å². The zero-order valence-corrected chi connectivity index (χ0v) is 6.95. The third-order valence-corrected chi connectivity index (χ3v) is 2.45. The maximum Gasteiger partial charge on any atom is 0.00339 e. The molecule has 1 saturated carbocycles. The molecule has 1 atom stereocenters. The van der Waals surface area contributed by atoms with Gasteiger partial charge in [0.1, 0.15) is 0 Å². The SMILES string of the molecule is CC(CCBr)C1CC1. The van der Waals surface area contributed by atoms with E-state index in [1.54, 1.807) is 0 Å². The highest BCUT2D eigenvalue weighted by Gasteiger charge is 2.26. The topological polar surface area (TPSA) is 0 Å². The Bertz CT molecular complexity index is 66.8. The predicted molar refractivity (Wildman–Crippen MR) is 40.3 cm³/mol. The molecular formula is C7H13Br. The zero-order valence-electron chi connectivity index (χ0n) is 5.36. The molecule has 0 N–H and O–H groups in total. The van der Waals surface area contributed by atoms with E-state index in [0.29, 0.717) is 0 Å². The van der Waals surface area contributed by atoms with E-state index in [9.17, 15) is 0 Å². The number of hydrogen-bond donors (Lipinski definition) is 0. The van der Waals surface area contributed by atoms with Gasteiger partial charge in [-0.1, -0.05) is 22.9 Å². The maximum absolute atomic E-state index is 3.45. The summed E-state index contributed by atoms with van der Waals surface area (Å²) in [5, 5.41) is 1.19. The molecule has 0 radical (unpaired) electrons. The first-order valence-electron chi connectivity index (χ1n) is 3.40. The van der Waals surface area contributed by atoms with E-state index < -0.39 is 0 Å². The van der Waals surface area contributed by atoms with Crippen molar-refractivity contribution < 1.29 is 0 Å². The molecule has 8 heavy (non-hydrogen) atoms. The van der Waals surface area contributed by atoms with Gasteiger partial charge in [0.15, 0.2) is 0 Å². The molecule has 0 aliphatic heterocycles. The lowest BCUT2D eigenvalue weighted by molar-refractivity contribution is 0.498. The smallest absolute Gasteiger partial charge is 0.00339 e. The van der Waals surface area contributed by atoms with Gasteiger partial charge in [-0.25, -0.2) is 0 Å². The van der Waals surface area contributed by atoms with E-state index in [0.717, 1.165) is 11.8 Å². The molecule has 0 amide bonds. The molecular weight excluding hydrogens is 164 g/mol. The van der Waals surface area contributed by atoms with Crippen molar-refractivity contribution in [1.82, 2.24) is 0 Å². The molecule has 0 aromatic heterocycles. The summed E-state index contributed by atoms with van der Waals surface area (Å²) < 4.78 is 0. The fourth-order valence-electron chi connectivity index (χ4n) is 1.07. The third kappa shape index (κ3) is 1.77. The second-order valence-electron chi connectivity index (χ2n) is 2.79. The molecule has 0 spiro atoms. The highest BCUT2D eigenvalue weighted by atomic mass is 79.9. The van der Waals surface area contributed by atoms with E-state index in [1.807, 2.05) is 0 Å². The van der Waals surface area contributed by atoms with Crippen molar-refractivity contribution in [2.45, 2.75) is 26.2 Å². The maximum atomic E-state index is 3.45. The van der Waals surface area contributed by atoms with Crippen LogP contribution in [-0.4, -0.2) is 5.33 Å². The second-order valence-corrected chi connectivity index (χ2v) is 3.59. The molecule has 1 heteroatoms. The van der Waals surface area contributed by atoms with Crippen LogP contribution in [0.1, 0.15) is 26.2 Å². The highest BCUT2D eigenvalue weighted by molar-refractivity contribution is 9.09. The minimum Gasteiger partial charge on any atom is -0.0928 e. The quantitative estimate of drug-likeness (QED) is 0.581. The highest BCUT2D eigenvalue weighted by Crippen LogP contribution is 2.38. The van der Waals surface area contributed by atoms with E-state index in [4.69, 9.17) is 0 Å². The Kier molecular flexibility index (Phi) is 2.36. The van der Waals surface area contributed by atoms with Gasteiger partial charge in [0, 0.05) is 5.33 Å². The Morgan fingerprint density at radius 2 is 2.25 bits per heavy atom. The van der Waals surface area contributed by atoms with Crippen molar-refractivity contribution in [3.63, 3.8) is 0 Å². The van der Waals surface area contributed by atoms with Crippen LogP contribution in [0.4, 0.5) is 0 Å². The van der Waals surface area contributed by atoms with Crippen LogP contribution in [0, 0.1) is 11.8 Å². The Labute approximate surface area is 59.8 Å². The molecule has 1 aliphatic carbocycles. The number of halogens is 1. The van der Waals surface area contributed by atoms with Crippen molar-refractivity contribution in [3.8, 4) is 0 Å². The van der Waals surface area contributed by atoms with Gasteiger partial charge in [0.25, 0.3) is 0 Å². The fourth-order valence-corrected chi connectivity index (χ4v) is 1.80. The van der Waals surface area contributed by atoms with Gasteiger partial charge in [-0.15, -0.1) is 0 Å². The van der Waals surface area contributed by atoms with E-state index in [-0.39, 0.29) is 0 Å². The van der Waals surface area contributed by atoms with Gasteiger partial charge in [-0.2, -0.15) is 0 Å². The standard InChI is InChI=1S/C7H13Br/c1-6(4-5-8)7-2-3-7/h6-7H,2-5H2,1H3. The summed E-state index contributed by atoms with van der Waals surface area (Å²) in [5.74, 6) is 2.07. The molecule has 0 heterocycles. The van der Waals surface area contributed by atoms with Gasteiger partial charge >= 0.3 is 0 Å². The summed E-state index contributed by atoms with van der Waals surface area (Å²) in [5.41, 5.74) is 0. The molecule has 0 nitrogen and oxygen atoms in total. The number of alkyl halides is 1. The molecule has 0 bridgehead atoms. The van der Waals surface area contributed by atoms with Crippen molar-refractivity contribution >= 4 is 15.9 Å². The van der Waals surface area contributed by atoms with E-state index in [1.165, 1.54) is 24.6 Å². The minimum absolute atomic E-state index is 0.981. The van der Waals surface area contributed by atoms with Crippen LogP contribution >= 0.6 is 15.9 Å². The summed E-state index contributed by atoms with van der Waals surface area (Å²) in [7, 11) is 0. The molecule has 1 rings (SSSR count). The third-order valence-electron chi connectivity index (χ3n) is 1.99. The first-order valence-corrected chi connectivity index (χ1v) is 4.52. The van der Waals surface area contributed by atoms with Crippen molar-refractivity contribution in [2.24, 2.45) is 11.8 Å². The van der Waals surface area contributed by atoms with E-state index in [2.05, 4.69) is 22.9 Å². The molecule has 1 fully saturated rings. The lowest BCUT2D eigenvalue weighted by Crippen LogP contribution is -1.96. The lowest BCUT2D eigenvalue weighted by Gasteiger charge is -2.04. The van der Waals surface area contributed by atoms with Gasteiger partial charge in [0.05, 0.1) is 0 Å². The summed E-state index contributed by atoms with van der Waals surface area (Å²) in [6.45, 7) is 2.36.